The third-order valence-electron chi connectivity index (χ3n) is 4.75. The van der Waals surface area contributed by atoms with Gasteiger partial charge in [-0.3, -0.25) is 9.00 Å². The molecule has 27 heavy (non-hydrogen) atoms. The maximum Gasteiger partial charge on any atom is 0.287 e. The second kappa shape index (κ2) is 9.70. The Kier molecular flexibility index (Phi) is 7.04. The molecule has 1 amide bonds. The Bertz CT molecular complexity index is 820. The Morgan fingerprint density at radius 2 is 1.93 bits per heavy atom. The Hall–Kier alpha value is -2.14. The van der Waals surface area contributed by atoms with Crippen molar-refractivity contribution in [2.75, 3.05) is 6.54 Å². The molecule has 3 rings (SSSR count). The lowest BCUT2D eigenvalue weighted by atomic mass is 9.97. The summed E-state index contributed by atoms with van der Waals surface area (Å²) < 4.78 is 17.9. The van der Waals surface area contributed by atoms with E-state index in [1.54, 1.807) is 12.1 Å². The number of benzene rings is 1. The Morgan fingerprint density at radius 1 is 1.11 bits per heavy atom. The van der Waals surface area contributed by atoms with Crippen LogP contribution in [0.1, 0.15) is 59.5 Å². The van der Waals surface area contributed by atoms with Crippen LogP contribution in [0.5, 0.6) is 0 Å². The van der Waals surface area contributed by atoms with Crippen molar-refractivity contribution in [3.8, 4) is 0 Å². The van der Waals surface area contributed by atoms with Gasteiger partial charge in [-0.2, -0.15) is 0 Å². The van der Waals surface area contributed by atoms with Crippen molar-refractivity contribution in [3.05, 3.63) is 70.7 Å². The van der Waals surface area contributed by atoms with Gasteiger partial charge in [0.05, 0.1) is 5.75 Å². The summed E-state index contributed by atoms with van der Waals surface area (Å²) in [6.45, 7) is 2.66. The molecule has 1 aromatic carbocycles. The van der Waals surface area contributed by atoms with Crippen LogP contribution in [0.2, 0.25) is 0 Å². The van der Waals surface area contributed by atoms with E-state index in [1.165, 1.54) is 24.0 Å². The zero-order valence-electron chi connectivity index (χ0n) is 15.8. The van der Waals surface area contributed by atoms with E-state index in [9.17, 15) is 9.00 Å². The van der Waals surface area contributed by atoms with Crippen molar-refractivity contribution in [3.63, 3.8) is 0 Å². The first-order valence-electron chi connectivity index (χ1n) is 9.55. The average Bonchev–Trinajstić information content (AvgIpc) is 3.13. The van der Waals surface area contributed by atoms with Crippen LogP contribution in [0.15, 0.2) is 52.5 Å². The SMILES string of the molecule is Cc1ccc(CS(=O)Cc2ccc(C(=O)NCCC3=CCCCC3)o2)cc1. The number of hydrogen-bond acceptors (Lipinski definition) is 3. The molecule has 0 saturated heterocycles. The van der Waals surface area contributed by atoms with E-state index >= 15 is 0 Å². The highest BCUT2D eigenvalue weighted by Gasteiger charge is 2.13. The number of nitrogens with one attached hydrogen (secondary N) is 1. The standard InChI is InChI=1S/C22H27NO3S/c1-17-7-9-19(10-8-17)15-27(25)16-20-11-12-21(26-20)22(24)23-14-13-18-5-3-2-4-6-18/h5,7-12H,2-4,6,13-16H2,1H3,(H,23,24). The van der Waals surface area contributed by atoms with Crippen LogP contribution >= 0.6 is 0 Å². The van der Waals surface area contributed by atoms with Crippen LogP contribution in [0.25, 0.3) is 0 Å². The predicted molar refractivity (Wildman–Crippen MR) is 109 cm³/mol. The molecular weight excluding hydrogens is 358 g/mol. The number of hydrogen-bond donors (Lipinski definition) is 1. The average molecular weight is 386 g/mol. The molecule has 1 aliphatic rings. The van der Waals surface area contributed by atoms with E-state index < -0.39 is 10.8 Å². The molecule has 5 heteroatoms. The van der Waals surface area contributed by atoms with Gasteiger partial charge in [-0.1, -0.05) is 41.5 Å². The van der Waals surface area contributed by atoms with Gasteiger partial charge in [-0.25, -0.2) is 0 Å². The highest BCUT2D eigenvalue weighted by Crippen LogP contribution is 2.19. The highest BCUT2D eigenvalue weighted by molar-refractivity contribution is 7.83. The normalized spacial score (nSPS) is 15.2. The molecule has 1 unspecified atom stereocenters. The van der Waals surface area contributed by atoms with Crippen LogP contribution in [-0.2, 0) is 22.3 Å². The third-order valence-corrected chi connectivity index (χ3v) is 6.02. The number of furan rings is 1. The van der Waals surface area contributed by atoms with Gasteiger partial charge >= 0.3 is 0 Å². The van der Waals surface area contributed by atoms with Crippen molar-refractivity contribution >= 4 is 16.7 Å². The van der Waals surface area contributed by atoms with Crippen molar-refractivity contribution in [2.24, 2.45) is 0 Å². The smallest absolute Gasteiger partial charge is 0.287 e. The molecule has 1 aliphatic carbocycles. The molecule has 1 N–H and O–H groups in total. The zero-order valence-corrected chi connectivity index (χ0v) is 16.6. The lowest BCUT2D eigenvalue weighted by Crippen LogP contribution is -2.24. The summed E-state index contributed by atoms with van der Waals surface area (Å²) >= 11 is 0. The summed E-state index contributed by atoms with van der Waals surface area (Å²) in [5.41, 5.74) is 3.67. The summed E-state index contributed by atoms with van der Waals surface area (Å²) in [6, 6.07) is 11.4. The maximum atomic E-state index is 12.3. The van der Waals surface area contributed by atoms with Crippen LogP contribution in [0.4, 0.5) is 0 Å². The molecule has 0 fully saturated rings. The van der Waals surface area contributed by atoms with E-state index in [-0.39, 0.29) is 11.7 Å². The largest absolute Gasteiger partial charge is 0.455 e. The van der Waals surface area contributed by atoms with Gasteiger partial charge in [0.2, 0.25) is 0 Å². The molecule has 0 spiro atoms. The second-order valence-corrected chi connectivity index (χ2v) is 8.55. The lowest BCUT2D eigenvalue weighted by Gasteiger charge is -2.12. The Balaban J connectivity index is 1.45. The minimum atomic E-state index is -1.07. The van der Waals surface area contributed by atoms with Crippen LogP contribution in [-0.4, -0.2) is 16.7 Å². The molecule has 0 saturated carbocycles. The van der Waals surface area contributed by atoms with Crippen molar-refractivity contribution in [1.29, 1.82) is 0 Å². The monoisotopic (exact) mass is 385 g/mol. The lowest BCUT2D eigenvalue weighted by molar-refractivity contribution is 0.0925. The van der Waals surface area contributed by atoms with Crippen LogP contribution < -0.4 is 5.32 Å². The number of rotatable bonds is 8. The van der Waals surface area contributed by atoms with E-state index in [0.29, 0.717) is 23.8 Å². The van der Waals surface area contributed by atoms with Gasteiger partial charge in [0.25, 0.3) is 5.91 Å². The fraction of sp³-hybridized carbons (Fsp3) is 0.409. The summed E-state index contributed by atoms with van der Waals surface area (Å²) in [4.78, 5) is 12.2. The second-order valence-electron chi connectivity index (χ2n) is 7.09. The quantitative estimate of drug-likeness (QED) is 0.673. The Labute approximate surface area is 163 Å². The minimum Gasteiger partial charge on any atom is -0.455 e. The fourth-order valence-electron chi connectivity index (χ4n) is 3.21. The van der Waals surface area contributed by atoms with Crippen molar-refractivity contribution < 1.29 is 13.4 Å². The van der Waals surface area contributed by atoms with Gasteiger partial charge in [0, 0.05) is 23.1 Å². The summed E-state index contributed by atoms with van der Waals surface area (Å²) in [7, 11) is -1.07. The Morgan fingerprint density at radius 3 is 2.67 bits per heavy atom. The number of amides is 1. The first-order valence-corrected chi connectivity index (χ1v) is 11.0. The fourth-order valence-corrected chi connectivity index (χ4v) is 4.35. The molecule has 2 aromatic rings. The van der Waals surface area contributed by atoms with E-state index in [0.717, 1.165) is 24.8 Å². The van der Waals surface area contributed by atoms with Crippen LogP contribution in [0, 0.1) is 6.92 Å². The number of carbonyl (C=O) groups excluding carboxylic acids is 1. The number of carbonyl (C=O) groups is 1. The van der Waals surface area contributed by atoms with Gasteiger partial charge in [0.15, 0.2) is 5.76 Å². The number of aryl methyl sites for hydroxylation is 1. The van der Waals surface area contributed by atoms with Gasteiger partial charge in [0.1, 0.15) is 5.76 Å². The van der Waals surface area contributed by atoms with Crippen LogP contribution in [0.3, 0.4) is 0 Å². The first-order chi connectivity index (χ1) is 13.1. The topological polar surface area (TPSA) is 59.3 Å². The molecule has 4 nitrogen and oxygen atoms in total. The van der Waals surface area contributed by atoms with E-state index in [4.69, 9.17) is 4.42 Å². The minimum absolute atomic E-state index is 0.207. The maximum absolute atomic E-state index is 12.3. The predicted octanol–water partition coefficient (Wildman–Crippen LogP) is 4.66. The van der Waals surface area contributed by atoms with Gasteiger partial charge in [-0.05, 0) is 56.7 Å². The zero-order chi connectivity index (χ0) is 19.1. The first kappa shape index (κ1) is 19.6. The molecular formula is C22H27NO3S. The van der Waals surface area contributed by atoms with E-state index in [2.05, 4.69) is 11.4 Å². The molecule has 0 bridgehead atoms. The van der Waals surface area contributed by atoms with Gasteiger partial charge in [-0.15, -0.1) is 0 Å². The summed E-state index contributed by atoms with van der Waals surface area (Å²) in [5, 5.41) is 2.91. The van der Waals surface area contributed by atoms with Crippen molar-refractivity contribution in [2.45, 2.75) is 50.5 Å². The number of allylic oxidation sites excluding steroid dienone is 1. The molecule has 144 valence electrons. The summed E-state index contributed by atoms with van der Waals surface area (Å²) in [6.07, 6.45) is 8.03. The van der Waals surface area contributed by atoms with Crippen molar-refractivity contribution in [1.82, 2.24) is 5.32 Å². The highest BCUT2D eigenvalue weighted by atomic mass is 32.2. The molecule has 1 aromatic heterocycles. The molecule has 1 atom stereocenters. The molecule has 0 aliphatic heterocycles. The third kappa shape index (κ3) is 6.21. The molecule has 0 radical (unpaired) electrons. The summed E-state index contributed by atoms with van der Waals surface area (Å²) in [5.74, 6) is 1.46. The molecule has 1 heterocycles. The van der Waals surface area contributed by atoms with Gasteiger partial charge < -0.3 is 9.73 Å². The van der Waals surface area contributed by atoms with E-state index in [1.807, 2.05) is 31.2 Å².